The maximum atomic E-state index is 11.9. The smallest absolute Gasteiger partial charge is 0.305 e. The molecule has 0 N–H and O–H groups in total. The molecule has 2 heteroatoms. The zero-order chi connectivity index (χ0) is 23.1. The van der Waals surface area contributed by atoms with Crippen molar-refractivity contribution in [3.05, 3.63) is 11.6 Å². The van der Waals surface area contributed by atoms with E-state index in [1.807, 2.05) is 6.92 Å². The summed E-state index contributed by atoms with van der Waals surface area (Å²) in [5.41, 5.74) is 2.54. The van der Waals surface area contributed by atoms with Gasteiger partial charge in [-0.3, -0.25) is 4.79 Å². The molecule has 32 heavy (non-hydrogen) atoms. The Morgan fingerprint density at radius 3 is 2.56 bits per heavy atom. The molecular weight excluding hydrogens is 392 g/mol. The molecule has 3 saturated carbocycles. The molecule has 0 aliphatic heterocycles. The second-order valence-electron chi connectivity index (χ2n) is 13.0. The Morgan fingerprint density at radius 2 is 1.84 bits per heavy atom. The summed E-state index contributed by atoms with van der Waals surface area (Å²) >= 11 is 0. The van der Waals surface area contributed by atoms with E-state index < -0.39 is 0 Å². The van der Waals surface area contributed by atoms with Crippen LogP contribution in [-0.2, 0) is 9.53 Å². The van der Waals surface area contributed by atoms with Crippen LogP contribution in [-0.4, -0.2) is 12.1 Å². The van der Waals surface area contributed by atoms with E-state index in [1.54, 1.807) is 5.57 Å². The van der Waals surface area contributed by atoms with Gasteiger partial charge >= 0.3 is 5.97 Å². The largest absolute Gasteiger partial charge is 0.462 e. The van der Waals surface area contributed by atoms with E-state index >= 15 is 0 Å². The minimum absolute atomic E-state index is 0.0270. The van der Waals surface area contributed by atoms with Crippen LogP contribution in [0.25, 0.3) is 0 Å². The van der Waals surface area contributed by atoms with Crippen molar-refractivity contribution in [2.75, 3.05) is 0 Å². The molecule has 4 aliphatic rings. The maximum absolute atomic E-state index is 11.9. The highest BCUT2D eigenvalue weighted by Crippen LogP contribution is 2.67. The SMILES string of the molecule is CCC(=O)O[C@H]1CC[C@@]2(C)C(=CC[C@H]3[C@@H]4CC[C@H]([C@@H](C)CCCC(C)C)[C@@]4(C)CC[C@@H]32)C1. The lowest BCUT2D eigenvalue weighted by molar-refractivity contribution is -0.151. The molecule has 0 aromatic rings. The van der Waals surface area contributed by atoms with Crippen molar-refractivity contribution in [3.8, 4) is 0 Å². The Kier molecular flexibility index (Phi) is 7.19. The first kappa shape index (κ1) is 24.3. The molecule has 0 aromatic heterocycles. The van der Waals surface area contributed by atoms with Gasteiger partial charge in [-0.05, 0) is 91.3 Å². The quantitative estimate of drug-likeness (QED) is 0.292. The Hall–Kier alpha value is -0.790. The van der Waals surface area contributed by atoms with Crippen molar-refractivity contribution in [3.63, 3.8) is 0 Å². The third kappa shape index (κ3) is 4.34. The summed E-state index contributed by atoms with van der Waals surface area (Å²) in [4.78, 5) is 11.9. The lowest BCUT2D eigenvalue weighted by Crippen LogP contribution is -2.51. The summed E-state index contributed by atoms with van der Waals surface area (Å²) in [7, 11) is 0. The van der Waals surface area contributed by atoms with Gasteiger partial charge in [0.25, 0.3) is 0 Å². The minimum atomic E-state index is -0.0270. The van der Waals surface area contributed by atoms with Crippen molar-refractivity contribution in [2.45, 2.75) is 125 Å². The van der Waals surface area contributed by atoms with Gasteiger partial charge in [-0.2, -0.15) is 0 Å². The number of carbonyl (C=O) groups excluding carboxylic acids is 1. The molecule has 0 amide bonds. The van der Waals surface area contributed by atoms with Gasteiger partial charge in [-0.25, -0.2) is 0 Å². The number of hydrogen-bond donors (Lipinski definition) is 0. The number of ether oxygens (including phenoxy) is 1. The Bertz CT molecular complexity index is 708. The predicted octanol–water partition coefficient (Wildman–Crippen LogP) is 8.35. The van der Waals surface area contributed by atoms with E-state index in [0.29, 0.717) is 17.3 Å². The van der Waals surface area contributed by atoms with Crippen LogP contribution in [0.5, 0.6) is 0 Å². The van der Waals surface area contributed by atoms with Gasteiger partial charge in [-0.1, -0.05) is 72.5 Å². The monoisotopic (exact) mass is 442 g/mol. The molecule has 182 valence electrons. The van der Waals surface area contributed by atoms with Gasteiger partial charge < -0.3 is 4.74 Å². The Balaban J connectivity index is 1.45. The van der Waals surface area contributed by atoms with E-state index in [0.717, 1.165) is 48.3 Å². The van der Waals surface area contributed by atoms with Crippen LogP contribution in [0.4, 0.5) is 0 Å². The summed E-state index contributed by atoms with van der Waals surface area (Å²) in [5.74, 6) is 5.28. The zero-order valence-corrected chi connectivity index (χ0v) is 21.9. The fraction of sp³-hybridized carbons (Fsp3) is 0.900. The van der Waals surface area contributed by atoms with Crippen molar-refractivity contribution < 1.29 is 9.53 Å². The Labute approximate surface area is 198 Å². The molecule has 0 radical (unpaired) electrons. The lowest BCUT2D eigenvalue weighted by Gasteiger charge is -2.58. The number of hydrogen-bond acceptors (Lipinski definition) is 2. The molecule has 3 fully saturated rings. The van der Waals surface area contributed by atoms with Crippen LogP contribution in [0.3, 0.4) is 0 Å². The average Bonchev–Trinajstić information content (AvgIpc) is 3.11. The van der Waals surface area contributed by atoms with E-state index in [4.69, 9.17) is 4.74 Å². The molecule has 0 spiro atoms. The summed E-state index contributed by atoms with van der Waals surface area (Å²) in [6, 6.07) is 0. The summed E-state index contributed by atoms with van der Waals surface area (Å²) in [6.45, 7) is 14.5. The third-order valence-corrected chi connectivity index (χ3v) is 10.8. The topological polar surface area (TPSA) is 26.3 Å². The van der Waals surface area contributed by atoms with Crippen molar-refractivity contribution in [1.29, 1.82) is 0 Å². The first-order chi connectivity index (χ1) is 15.2. The highest BCUT2D eigenvalue weighted by Gasteiger charge is 2.59. The normalized spacial score (nSPS) is 42.0. The molecule has 4 rings (SSSR count). The van der Waals surface area contributed by atoms with Crippen LogP contribution >= 0.6 is 0 Å². The molecule has 0 unspecified atom stereocenters. The van der Waals surface area contributed by atoms with Crippen molar-refractivity contribution >= 4 is 5.97 Å². The van der Waals surface area contributed by atoms with Crippen LogP contribution in [0.1, 0.15) is 119 Å². The summed E-state index contributed by atoms with van der Waals surface area (Å²) in [6.07, 6.45) is 17.8. The molecule has 0 saturated heterocycles. The lowest BCUT2D eigenvalue weighted by atomic mass is 9.47. The van der Waals surface area contributed by atoms with Crippen molar-refractivity contribution in [2.24, 2.45) is 46.3 Å². The fourth-order valence-electron chi connectivity index (χ4n) is 9.02. The highest BCUT2D eigenvalue weighted by atomic mass is 16.5. The van der Waals surface area contributed by atoms with E-state index in [-0.39, 0.29) is 12.1 Å². The minimum Gasteiger partial charge on any atom is -0.462 e. The van der Waals surface area contributed by atoms with Gasteiger partial charge in [0.2, 0.25) is 0 Å². The number of esters is 1. The molecule has 0 aromatic carbocycles. The number of carbonyl (C=O) groups is 1. The zero-order valence-electron chi connectivity index (χ0n) is 21.9. The molecular formula is C30H50O2. The number of rotatable bonds is 7. The maximum Gasteiger partial charge on any atom is 0.305 e. The van der Waals surface area contributed by atoms with Gasteiger partial charge in [0.15, 0.2) is 0 Å². The summed E-state index contributed by atoms with van der Waals surface area (Å²) in [5, 5.41) is 0. The predicted molar refractivity (Wildman–Crippen MR) is 133 cm³/mol. The second kappa shape index (κ2) is 9.46. The van der Waals surface area contributed by atoms with Crippen LogP contribution in [0.15, 0.2) is 11.6 Å². The third-order valence-electron chi connectivity index (χ3n) is 10.8. The average molecular weight is 443 g/mol. The molecule has 2 nitrogen and oxygen atoms in total. The first-order valence-electron chi connectivity index (χ1n) is 14.1. The fourth-order valence-corrected chi connectivity index (χ4v) is 9.02. The number of allylic oxidation sites excluding steroid dienone is 1. The van der Waals surface area contributed by atoms with Crippen molar-refractivity contribution in [1.82, 2.24) is 0 Å². The molecule has 8 atom stereocenters. The van der Waals surface area contributed by atoms with Crippen LogP contribution in [0.2, 0.25) is 0 Å². The van der Waals surface area contributed by atoms with Gasteiger partial charge in [0.05, 0.1) is 0 Å². The summed E-state index contributed by atoms with van der Waals surface area (Å²) < 4.78 is 5.76. The molecule has 0 bridgehead atoms. The first-order valence-corrected chi connectivity index (χ1v) is 14.1. The van der Waals surface area contributed by atoms with E-state index in [1.165, 1.54) is 57.8 Å². The number of fused-ring (bicyclic) bond motifs is 5. The second-order valence-corrected chi connectivity index (χ2v) is 13.0. The molecule has 0 heterocycles. The van der Waals surface area contributed by atoms with Gasteiger partial charge in [0.1, 0.15) is 6.10 Å². The van der Waals surface area contributed by atoms with Gasteiger partial charge in [0, 0.05) is 12.8 Å². The van der Waals surface area contributed by atoms with Crippen LogP contribution in [0, 0.1) is 46.3 Å². The highest BCUT2D eigenvalue weighted by molar-refractivity contribution is 5.69. The van der Waals surface area contributed by atoms with Crippen LogP contribution < -0.4 is 0 Å². The van der Waals surface area contributed by atoms with Gasteiger partial charge in [-0.15, -0.1) is 0 Å². The van der Waals surface area contributed by atoms with E-state index in [9.17, 15) is 4.79 Å². The Morgan fingerprint density at radius 1 is 1.06 bits per heavy atom. The van der Waals surface area contributed by atoms with E-state index in [2.05, 4.69) is 40.7 Å². The standard InChI is InChI=1S/C30H50O2/c1-7-28(31)32-23-15-17-29(5)22(19-23)11-12-24-26-14-13-25(21(4)10-8-9-20(2)3)30(26,6)18-16-27(24)29/h11,20-21,23-27H,7-10,12-19H2,1-6H3/t21-,23-,24-,25+,26-,27-,29-,30+/m0/s1. The molecule has 4 aliphatic carbocycles.